The maximum atomic E-state index is 13.1. The lowest BCUT2D eigenvalue weighted by atomic mass is 10.1. The van der Waals surface area contributed by atoms with Crippen LogP contribution in [-0.4, -0.2) is 19.3 Å². The van der Waals surface area contributed by atoms with Crippen LogP contribution in [0.1, 0.15) is 18.9 Å². The Morgan fingerprint density at radius 1 is 1.44 bits per heavy atom. The van der Waals surface area contributed by atoms with E-state index in [-0.39, 0.29) is 11.9 Å². The van der Waals surface area contributed by atoms with E-state index in [1.807, 2.05) is 6.07 Å². The molecule has 90 valence electrons. The normalized spacial score (nSPS) is 12.8. The van der Waals surface area contributed by atoms with Gasteiger partial charge < -0.3 is 10.5 Å². The third kappa shape index (κ3) is 5.05. The molecule has 1 aromatic carbocycles. The molecule has 0 saturated carbocycles. The highest BCUT2D eigenvalue weighted by Crippen LogP contribution is 2.15. The van der Waals surface area contributed by atoms with Crippen molar-refractivity contribution in [3.05, 3.63) is 34.1 Å². The van der Waals surface area contributed by atoms with Crippen molar-refractivity contribution < 1.29 is 9.13 Å². The van der Waals surface area contributed by atoms with Crippen LogP contribution in [-0.2, 0) is 11.2 Å². The summed E-state index contributed by atoms with van der Waals surface area (Å²) in [6.45, 7) is 3.29. The van der Waals surface area contributed by atoms with Gasteiger partial charge in [0.05, 0.1) is 6.61 Å². The molecular weight excluding hydrogens is 273 g/mol. The molecule has 0 bridgehead atoms. The molecule has 0 aliphatic carbocycles. The second-order valence-corrected chi connectivity index (χ2v) is 4.73. The number of rotatable bonds is 6. The fraction of sp³-hybridized carbons (Fsp3) is 0.500. The van der Waals surface area contributed by atoms with Crippen LogP contribution in [0.4, 0.5) is 4.39 Å². The van der Waals surface area contributed by atoms with Crippen molar-refractivity contribution in [3.63, 3.8) is 0 Å². The summed E-state index contributed by atoms with van der Waals surface area (Å²) in [5.74, 6) is -0.244. The first kappa shape index (κ1) is 13.6. The van der Waals surface area contributed by atoms with E-state index in [1.54, 1.807) is 0 Å². The summed E-state index contributed by atoms with van der Waals surface area (Å²) in [4.78, 5) is 0. The standard InChI is InChI=1S/C12H17BrFNO/c1-2-3-16-8-12(15)6-9-4-10(13)7-11(14)5-9/h4-5,7,12H,2-3,6,8,15H2,1H3. The zero-order valence-corrected chi connectivity index (χ0v) is 11.0. The van der Waals surface area contributed by atoms with Gasteiger partial charge in [-0.25, -0.2) is 4.39 Å². The van der Waals surface area contributed by atoms with Crippen LogP contribution in [0.25, 0.3) is 0 Å². The minimum absolute atomic E-state index is 0.0831. The molecule has 0 radical (unpaired) electrons. The fourth-order valence-corrected chi connectivity index (χ4v) is 1.98. The summed E-state index contributed by atoms with van der Waals surface area (Å²) in [5, 5.41) is 0. The number of halogens is 2. The Morgan fingerprint density at radius 3 is 2.81 bits per heavy atom. The number of ether oxygens (including phenoxy) is 1. The van der Waals surface area contributed by atoms with Crippen molar-refractivity contribution in [2.75, 3.05) is 13.2 Å². The van der Waals surface area contributed by atoms with Gasteiger partial charge in [0, 0.05) is 17.1 Å². The molecule has 0 amide bonds. The Labute approximate surface area is 104 Å². The van der Waals surface area contributed by atoms with E-state index in [0.717, 1.165) is 23.1 Å². The summed E-state index contributed by atoms with van der Waals surface area (Å²) < 4.78 is 19.2. The molecule has 2 nitrogen and oxygen atoms in total. The van der Waals surface area contributed by atoms with E-state index in [4.69, 9.17) is 10.5 Å². The van der Waals surface area contributed by atoms with Crippen LogP contribution in [0, 0.1) is 5.82 Å². The lowest BCUT2D eigenvalue weighted by Gasteiger charge is -2.12. The molecule has 0 aromatic heterocycles. The Bertz CT molecular complexity index is 313. The van der Waals surface area contributed by atoms with Gasteiger partial charge in [-0.2, -0.15) is 0 Å². The van der Waals surface area contributed by atoms with Crippen molar-refractivity contribution in [2.45, 2.75) is 25.8 Å². The average Bonchev–Trinajstić information content (AvgIpc) is 2.16. The zero-order chi connectivity index (χ0) is 12.0. The van der Waals surface area contributed by atoms with Gasteiger partial charge in [-0.15, -0.1) is 0 Å². The molecule has 0 spiro atoms. The first-order chi connectivity index (χ1) is 7.61. The molecule has 0 aliphatic heterocycles. The van der Waals surface area contributed by atoms with Gasteiger partial charge in [0.25, 0.3) is 0 Å². The number of benzene rings is 1. The Morgan fingerprint density at radius 2 is 2.19 bits per heavy atom. The van der Waals surface area contributed by atoms with Crippen LogP contribution >= 0.6 is 15.9 Å². The number of nitrogens with two attached hydrogens (primary N) is 1. The van der Waals surface area contributed by atoms with Crippen LogP contribution in [0.3, 0.4) is 0 Å². The monoisotopic (exact) mass is 289 g/mol. The van der Waals surface area contributed by atoms with E-state index in [2.05, 4.69) is 22.9 Å². The number of hydrogen-bond donors (Lipinski definition) is 1. The second kappa shape index (κ2) is 6.99. The number of hydrogen-bond acceptors (Lipinski definition) is 2. The van der Waals surface area contributed by atoms with Crippen LogP contribution in [0.2, 0.25) is 0 Å². The zero-order valence-electron chi connectivity index (χ0n) is 9.38. The molecule has 1 rings (SSSR count). The highest BCUT2D eigenvalue weighted by atomic mass is 79.9. The van der Waals surface area contributed by atoms with E-state index in [9.17, 15) is 4.39 Å². The van der Waals surface area contributed by atoms with Crippen molar-refractivity contribution in [3.8, 4) is 0 Å². The highest BCUT2D eigenvalue weighted by molar-refractivity contribution is 9.10. The van der Waals surface area contributed by atoms with Gasteiger partial charge in [0.15, 0.2) is 0 Å². The average molecular weight is 290 g/mol. The second-order valence-electron chi connectivity index (χ2n) is 3.82. The fourth-order valence-electron chi connectivity index (χ4n) is 1.47. The molecule has 1 aromatic rings. The first-order valence-corrected chi connectivity index (χ1v) is 6.19. The van der Waals surface area contributed by atoms with E-state index in [0.29, 0.717) is 13.0 Å². The Hall–Kier alpha value is -0.450. The van der Waals surface area contributed by atoms with Crippen molar-refractivity contribution in [1.82, 2.24) is 0 Å². The lowest BCUT2D eigenvalue weighted by molar-refractivity contribution is 0.121. The molecule has 0 heterocycles. The molecular formula is C12H17BrFNO. The summed E-state index contributed by atoms with van der Waals surface area (Å²) in [5.41, 5.74) is 6.77. The molecule has 2 N–H and O–H groups in total. The molecule has 1 unspecified atom stereocenters. The van der Waals surface area contributed by atoms with Crippen LogP contribution in [0.5, 0.6) is 0 Å². The molecule has 4 heteroatoms. The third-order valence-corrected chi connectivity index (χ3v) is 2.56. The topological polar surface area (TPSA) is 35.2 Å². The summed E-state index contributed by atoms with van der Waals surface area (Å²) >= 11 is 3.25. The van der Waals surface area contributed by atoms with Crippen molar-refractivity contribution >= 4 is 15.9 Å². The van der Waals surface area contributed by atoms with Crippen LogP contribution in [0.15, 0.2) is 22.7 Å². The van der Waals surface area contributed by atoms with E-state index < -0.39 is 0 Å². The van der Waals surface area contributed by atoms with Gasteiger partial charge in [-0.3, -0.25) is 0 Å². The molecule has 0 aliphatic rings. The van der Waals surface area contributed by atoms with E-state index in [1.165, 1.54) is 12.1 Å². The third-order valence-electron chi connectivity index (χ3n) is 2.10. The van der Waals surface area contributed by atoms with Gasteiger partial charge in [0.2, 0.25) is 0 Å². The summed E-state index contributed by atoms with van der Waals surface area (Å²) in [6.07, 6.45) is 1.61. The first-order valence-electron chi connectivity index (χ1n) is 5.40. The maximum absolute atomic E-state index is 13.1. The quantitative estimate of drug-likeness (QED) is 0.818. The largest absolute Gasteiger partial charge is 0.380 e. The molecule has 16 heavy (non-hydrogen) atoms. The minimum atomic E-state index is -0.244. The predicted octanol–water partition coefficient (Wildman–Crippen LogP) is 2.88. The van der Waals surface area contributed by atoms with Crippen molar-refractivity contribution in [2.24, 2.45) is 5.73 Å². The van der Waals surface area contributed by atoms with Crippen LogP contribution < -0.4 is 5.73 Å². The lowest BCUT2D eigenvalue weighted by Crippen LogP contribution is -2.28. The summed E-state index contributed by atoms with van der Waals surface area (Å²) in [7, 11) is 0. The summed E-state index contributed by atoms with van der Waals surface area (Å²) in [6, 6.07) is 4.73. The minimum Gasteiger partial charge on any atom is -0.380 e. The molecule has 0 saturated heterocycles. The molecule has 1 atom stereocenters. The van der Waals surface area contributed by atoms with Gasteiger partial charge in [-0.05, 0) is 36.6 Å². The Balaban J connectivity index is 2.45. The maximum Gasteiger partial charge on any atom is 0.124 e. The highest BCUT2D eigenvalue weighted by Gasteiger charge is 2.06. The van der Waals surface area contributed by atoms with Gasteiger partial charge in [0.1, 0.15) is 5.82 Å². The van der Waals surface area contributed by atoms with E-state index >= 15 is 0 Å². The van der Waals surface area contributed by atoms with Gasteiger partial charge in [-0.1, -0.05) is 22.9 Å². The Kier molecular flexibility index (Phi) is 5.95. The van der Waals surface area contributed by atoms with Gasteiger partial charge >= 0.3 is 0 Å². The van der Waals surface area contributed by atoms with Crippen molar-refractivity contribution in [1.29, 1.82) is 0 Å². The smallest absolute Gasteiger partial charge is 0.124 e. The predicted molar refractivity (Wildman–Crippen MR) is 66.9 cm³/mol. The molecule has 0 fully saturated rings. The SMILES string of the molecule is CCCOCC(N)Cc1cc(F)cc(Br)c1.